The van der Waals surface area contributed by atoms with Gasteiger partial charge in [-0.3, -0.25) is 4.79 Å². The number of rotatable bonds is 3. The minimum atomic E-state index is 0.0767. The molecule has 0 bridgehead atoms. The molecule has 0 spiro atoms. The van der Waals surface area contributed by atoms with Crippen LogP contribution in [0.1, 0.15) is 35.8 Å². The van der Waals surface area contributed by atoms with Crippen molar-refractivity contribution in [1.82, 2.24) is 14.7 Å². The zero-order valence-corrected chi connectivity index (χ0v) is 13.8. The van der Waals surface area contributed by atoms with Crippen LogP contribution in [-0.2, 0) is 0 Å². The fourth-order valence-electron chi connectivity index (χ4n) is 3.18. The maximum absolute atomic E-state index is 12.8. The summed E-state index contributed by atoms with van der Waals surface area (Å²) in [5.41, 5.74) is 8.40. The maximum Gasteiger partial charge on any atom is 0.257 e. The molecule has 122 valence electrons. The number of amides is 1. The number of nitrogens with two attached hydrogens (primary N) is 1. The average Bonchev–Trinajstić information content (AvgIpc) is 2.97. The van der Waals surface area contributed by atoms with E-state index in [1.807, 2.05) is 48.4 Å². The first-order valence-electron chi connectivity index (χ1n) is 8.23. The van der Waals surface area contributed by atoms with Crippen LogP contribution in [0.25, 0.3) is 5.69 Å². The van der Waals surface area contributed by atoms with E-state index in [1.165, 1.54) is 0 Å². The van der Waals surface area contributed by atoms with Crippen LogP contribution in [0, 0.1) is 12.8 Å². The van der Waals surface area contributed by atoms with Crippen LogP contribution in [0.15, 0.2) is 36.5 Å². The van der Waals surface area contributed by atoms with Crippen LogP contribution in [0.4, 0.5) is 0 Å². The quantitative estimate of drug-likeness (QED) is 0.946. The van der Waals surface area contributed by atoms with Crippen molar-refractivity contribution in [1.29, 1.82) is 0 Å². The van der Waals surface area contributed by atoms with Crippen molar-refractivity contribution in [2.24, 2.45) is 11.7 Å². The molecule has 5 heteroatoms. The van der Waals surface area contributed by atoms with Crippen molar-refractivity contribution in [3.05, 3.63) is 47.8 Å². The Balaban J connectivity index is 1.75. The highest BCUT2D eigenvalue weighted by Gasteiger charge is 2.27. The lowest BCUT2D eigenvalue weighted by Crippen LogP contribution is -2.42. The van der Waals surface area contributed by atoms with Gasteiger partial charge in [0.25, 0.3) is 5.91 Å². The van der Waals surface area contributed by atoms with Gasteiger partial charge in [0.1, 0.15) is 0 Å². The molecule has 23 heavy (non-hydrogen) atoms. The highest BCUT2D eigenvalue weighted by atomic mass is 16.2. The third-order valence-electron chi connectivity index (χ3n) is 4.72. The molecule has 3 rings (SSSR count). The zero-order valence-electron chi connectivity index (χ0n) is 13.8. The molecule has 1 aliphatic heterocycles. The Kier molecular flexibility index (Phi) is 4.48. The van der Waals surface area contributed by atoms with Gasteiger partial charge < -0.3 is 10.6 Å². The summed E-state index contributed by atoms with van der Waals surface area (Å²) in [6, 6.07) is 10.1. The number of benzene rings is 1. The standard InChI is InChI=1S/C18H24N4O/c1-13(19)15-8-10-21(11-9-15)18(23)17-12-22(20-14(17)2)16-6-4-3-5-7-16/h3-7,12-13,15H,8-11,19H2,1-2H3. The predicted molar refractivity (Wildman–Crippen MR) is 90.6 cm³/mol. The van der Waals surface area contributed by atoms with Crippen LogP contribution in [-0.4, -0.2) is 39.7 Å². The highest BCUT2D eigenvalue weighted by Crippen LogP contribution is 2.22. The molecular weight excluding hydrogens is 288 g/mol. The van der Waals surface area contributed by atoms with E-state index >= 15 is 0 Å². The number of carbonyl (C=O) groups is 1. The minimum absolute atomic E-state index is 0.0767. The Morgan fingerprint density at radius 1 is 1.26 bits per heavy atom. The first-order chi connectivity index (χ1) is 11.1. The van der Waals surface area contributed by atoms with Crippen molar-refractivity contribution < 1.29 is 4.79 Å². The first-order valence-corrected chi connectivity index (χ1v) is 8.23. The molecule has 1 amide bonds. The largest absolute Gasteiger partial charge is 0.339 e. The van der Waals surface area contributed by atoms with E-state index in [4.69, 9.17) is 5.73 Å². The number of nitrogens with zero attached hydrogens (tertiary/aromatic N) is 3. The molecule has 1 aromatic heterocycles. The van der Waals surface area contributed by atoms with Gasteiger partial charge in [-0.2, -0.15) is 5.10 Å². The van der Waals surface area contributed by atoms with Crippen molar-refractivity contribution in [2.75, 3.05) is 13.1 Å². The number of para-hydroxylation sites is 1. The normalized spacial score (nSPS) is 17.3. The molecular formula is C18H24N4O. The number of likely N-dealkylation sites (tertiary alicyclic amines) is 1. The van der Waals surface area contributed by atoms with Crippen molar-refractivity contribution >= 4 is 5.91 Å². The summed E-state index contributed by atoms with van der Waals surface area (Å²) in [4.78, 5) is 14.7. The minimum Gasteiger partial charge on any atom is -0.339 e. The van der Waals surface area contributed by atoms with Gasteiger partial charge in [0.2, 0.25) is 0 Å². The van der Waals surface area contributed by atoms with E-state index in [-0.39, 0.29) is 11.9 Å². The summed E-state index contributed by atoms with van der Waals surface area (Å²) in [6.07, 6.45) is 3.80. The lowest BCUT2D eigenvalue weighted by molar-refractivity contribution is 0.0680. The Labute approximate surface area is 137 Å². The van der Waals surface area contributed by atoms with Crippen LogP contribution in [0.3, 0.4) is 0 Å². The molecule has 1 aliphatic rings. The Morgan fingerprint density at radius 2 is 1.91 bits per heavy atom. The summed E-state index contributed by atoms with van der Waals surface area (Å²) in [7, 11) is 0. The van der Waals surface area contributed by atoms with Crippen molar-refractivity contribution in [2.45, 2.75) is 32.7 Å². The van der Waals surface area contributed by atoms with E-state index < -0.39 is 0 Å². The SMILES string of the molecule is Cc1nn(-c2ccccc2)cc1C(=O)N1CCC(C(C)N)CC1. The fraction of sp³-hybridized carbons (Fsp3) is 0.444. The fourth-order valence-corrected chi connectivity index (χ4v) is 3.18. The highest BCUT2D eigenvalue weighted by molar-refractivity contribution is 5.95. The van der Waals surface area contributed by atoms with Gasteiger partial charge in [0.15, 0.2) is 0 Å². The first kappa shape index (κ1) is 15.7. The van der Waals surface area contributed by atoms with E-state index in [0.29, 0.717) is 11.5 Å². The second kappa shape index (κ2) is 6.54. The molecule has 0 radical (unpaired) electrons. The number of carbonyl (C=O) groups excluding carboxylic acids is 1. The third kappa shape index (κ3) is 3.29. The summed E-state index contributed by atoms with van der Waals surface area (Å²) >= 11 is 0. The number of hydrogen-bond donors (Lipinski definition) is 1. The Hall–Kier alpha value is -2.14. The summed E-state index contributed by atoms with van der Waals surface area (Å²) < 4.78 is 1.78. The molecule has 2 heterocycles. The number of hydrogen-bond acceptors (Lipinski definition) is 3. The molecule has 1 aromatic carbocycles. The topological polar surface area (TPSA) is 64.2 Å². The van der Waals surface area contributed by atoms with E-state index in [0.717, 1.165) is 37.3 Å². The second-order valence-corrected chi connectivity index (χ2v) is 6.40. The molecule has 1 saturated heterocycles. The van der Waals surface area contributed by atoms with Gasteiger partial charge in [-0.1, -0.05) is 18.2 Å². The van der Waals surface area contributed by atoms with Gasteiger partial charge >= 0.3 is 0 Å². The summed E-state index contributed by atoms with van der Waals surface area (Å²) in [5.74, 6) is 0.597. The van der Waals surface area contributed by atoms with Crippen molar-refractivity contribution in [3.8, 4) is 5.69 Å². The predicted octanol–water partition coefficient (Wildman–Crippen LogP) is 2.38. The molecule has 1 fully saturated rings. The lowest BCUT2D eigenvalue weighted by atomic mass is 9.91. The summed E-state index contributed by atoms with van der Waals surface area (Å²) in [6.45, 7) is 5.50. The molecule has 1 unspecified atom stereocenters. The maximum atomic E-state index is 12.8. The van der Waals surface area contributed by atoms with Gasteiger partial charge in [-0.25, -0.2) is 4.68 Å². The number of piperidine rings is 1. The third-order valence-corrected chi connectivity index (χ3v) is 4.72. The van der Waals surface area contributed by atoms with Crippen LogP contribution < -0.4 is 5.73 Å². The van der Waals surface area contributed by atoms with E-state index in [9.17, 15) is 4.79 Å². The smallest absolute Gasteiger partial charge is 0.257 e. The lowest BCUT2D eigenvalue weighted by Gasteiger charge is -2.33. The average molecular weight is 312 g/mol. The second-order valence-electron chi connectivity index (χ2n) is 6.40. The van der Waals surface area contributed by atoms with Gasteiger partial charge in [-0.15, -0.1) is 0 Å². The molecule has 5 nitrogen and oxygen atoms in total. The van der Waals surface area contributed by atoms with Crippen LogP contribution >= 0.6 is 0 Å². The molecule has 2 aromatic rings. The van der Waals surface area contributed by atoms with Crippen LogP contribution in [0.5, 0.6) is 0 Å². The van der Waals surface area contributed by atoms with E-state index in [1.54, 1.807) is 4.68 Å². The zero-order chi connectivity index (χ0) is 16.4. The monoisotopic (exact) mass is 312 g/mol. The molecule has 2 N–H and O–H groups in total. The number of aryl methyl sites for hydroxylation is 1. The Bertz CT molecular complexity index is 670. The number of aromatic nitrogens is 2. The summed E-state index contributed by atoms with van der Waals surface area (Å²) in [5, 5.41) is 4.49. The van der Waals surface area contributed by atoms with Crippen molar-refractivity contribution in [3.63, 3.8) is 0 Å². The molecule has 0 saturated carbocycles. The van der Waals surface area contributed by atoms with E-state index in [2.05, 4.69) is 12.0 Å². The van der Waals surface area contributed by atoms with Gasteiger partial charge in [0.05, 0.1) is 16.9 Å². The molecule has 1 atom stereocenters. The van der Waals surface area contributed by atoms with Crippen LogP contribution in [0.2, 0.25) is 0 Å². The van der Waals surface area contributed by atoms with Gasteiger partial charge in [0, 0.05) is 25.3 Å². The Morgan fingerprint density at radius 3 is 2.52 bits per heavy atom. The van der Waals surface area contributed by atoms with Gasteiger partial charge in [-0.05, 0) is 44.7 Å². The molecule has 0 aliphatic carbocycles.